The number of rotatable bonds is 2. The van der Waals surface area contributed by atoms with Gasteiger partial charge in [-0.2, -0.15) is 0 Å². The molecular weight excluding hydrogens is 178 g/mol. The minimum Gasteiger partial charge on any atom is -0.301 e. The summed E-state index contributed by atoms with van der Waals surface area (Å²) >= 11 is 0. The van der Waals surface area contributed by atoms with Gasteiger partial charge in [0.15, 0.2) is 0 Å². The maximum atomic E-state index is 11.2. The van der Waals surface area contributed by atoms with Crippen LogP contribution in [0.4, 0.5) is 0 Å². The van der Waals surface area contributed by atoms with Gasteiger partial charge in [-0.1, -0.05) is 0 Å². The molecule has 1 rings (SSSR count). The molecule has 0 fully saturated rings. The summed E-state index contributed by atoms with van der Waals surface area (Å²) in [7, 11) is 3.71. The molecule has 4 nitrogen and oxygen atoms in total. The number of imidazole rings is 1. The summed E-state index contributed by atoms with van der Waals surface area (Å²) < 4.78 is 1.47. The lowest BCUT2D eigenvalue weighted by atomic mass is 10.5. The molecule has 0 atom stereocenters. The molecule has 0 aliphatic carbocycles. The predicted octanol–water partition coefficient (Wildman–Crippen LogP) is 0.507. The molecule has 0 saturated carbocycles. The third-order valence-electron chi connectivity index (χ3n) is 1.24. The number of aromatic nitrogens is 2. The molecule has 0 aliphatic rings. The first-order valence-electron chi connectivity index (χ1n) is 3.36. The quantitative estimate of drug-likeness (QED) is 0.681. The van der Waals surface area contributed by atoms with Crippen LogP contribution < -0.4 is 0 Å². The third kappa shape index (κ3) is 3.02. The summed E-state index contributed by atoms with van der Waals surface area (Å²) in [6.45, 7) is 0.413. The number of carbonyl (C=O) groups is 1. The van der Waals surface area contributed by atoms with Crippen molar-refractivity contribution in [3.63, 3.8) is 0 Å². The van der Waals surface area contributed by atoms with Crippen molar-refractivity contribution in [2.24, 2.45) is 0 Å². The lowest BCUT2D eigenvalue weighted by molar-refractivity contribution is 0.0876. The van der Waals surface area contributed by atoms with Crippen LogP contribution in [0, 0.1) is 0 Å². The number of likely N-dealkylation sites (N-methyl/N-ethyl adjacent to an activating group) is 1. The van der Waals surface area contributed by atoms with Crippen LogP contribution in [0.15, 0.2) is 18.7 Å². The van der Waals surface area contributed by atoms with E-state index in [1.165, 1.54) is 10.9 Å². The molecule has 0 bridgehead atoms. The second-order valence-electron chi connectivity index (χ2n) is 2.60. The number of halogens is 1. The number of nitrogens with zero attached hydrogens (tertiary/aromatic N) is 3. The Kier molecular flexibility index (Phi) is 4.54. The first-order chi connectivity index (χ1) is 5.20. The summed E-state index contributed by atoms with van der Waals surface area (Å²) in [5.41, 5.74) is 0. The van der Waals surface area contributed by atoms with E-state index in [2.05, 4.69) is 4.98 Å². The number of hydrogen-bond acceptors (Lipinski definition) is 3. The average Bonchev–Trinajstić information content (AvgIpc) is 2.35. The Morgan fingerprint density at radius 2 is 2.25 bits per heavy atom. The summed E-state index contributed by atoms with van der Waals surface area (Å²) in [5, 5.41) is 0. The third-order valence-corrected chi connectivity index (χ3v) is 1.24. The summed E-state index contributed by atoms with van der Waals surface area (Å²) in [4.78, 5) is 16.8. The molecule has 12 heavy (non-hydrogen) atoms. The highest BCUT2D eigenvalue weighted by molar-refractivity contribution is 5.85. The molecular formula is C7H12ClN3O. The topological polar surface area (TPSA) is 38.1 Å². The van der Waals surface area contributed by atoms with E-state index < -0.39 is 0 Å². The minimum absolute atomic E-state index is 0. The lowest BCUT2D eigenvalue weighted by Gasteiger charge is -2.07. The van der Waals surface area contributed by atoms with E-state index in [0.717, 1.165) is 0 Å². The molecule has 0 unspecified atom stereocenters. The largest absolute Gasteiger partial charge is 0.301 e. The van der Waals surface area contributed by atoms with Gasteiger partial charge in [-0.05, 0) is 14.1 Å². The van der Waals surface area contributed by atoms with Crippen molar-refractivity contribution in [2.45, 2.75) is 0 Å². The van der Waals surface area contributed by atoms with Crippen molar-refractivity contribution in [2.75, 3.05) is 20.6 Å². The molecule has 0 spiro atoms. The highest BCUT2D eigenvalue weighted by Gasteiger charge is 2.03. The standard InChI is InChI=1S/C7H11N3O.ClH/c1-9(2)5-7(11)10-4-3-8-6-10;/h3-4,6H,5H2,1-2H3;1H. The fourth-order valence-electron chi connectivity index (χ4n) is 0.759. The molecule has 0 aliphatic heterocycles. The Hall–Kier alpha value is -0.870. The van der Waals surface area contributed by atoms with Gasteiger partial charge in [0.2, 0.25) is 5.91 Å². The Morgan fingerprint density at radius 3 is 2.67 bits per heavy atom. The van der Waals surface area contributed by atoms with Crippen molar-refractivity contribution in [1.29, 1.82) is 0 Å². The van der Waals surface area contributed by atoms with Gasteiger partial charge < -0.3 is 4.90 Å². The van der Waals surface area contributed by atoms with Crippen LogP contribution in [-0.2, 0) is 0 Å². The Balaban J connectivity index is 0.00000121. The van der Waals surface area contributed by atoms with Gasteiger partial charge in [0.25, 0.3) is 0 Å². The van der Waals surface area contributed by atoms with Gasteiger partial charge in [0, 0.05) is 12.4 Å². The Bertz CT molecular complexity index is 233. The highest BCUT2D eigenvalue weighted by Crippen LogP contribution is 1.86. The lowest BCUT2D eigenvalue weighted by Crippen LogP contribution is -2.25. The second-order valence-corrected chi connectivity index (χ2v) is 2.60. The first-order valence-corrected chi connectivity index (χ1v) is 3.36. The van der Waals surface area contributed by atoms with Gasteiger partial charge in [-0.25, -0.2) is 4.98 Å². The van der Waals surface area contributed by atoms with Gasteiger partial charge in [-0.15, -0.1) is 12.4 Å². The molecule has 1 aromatic rings. The van der Waals surface area contributed by atoms with Crippen LogP contribution in [0.5, 0.6) is 0 Å². The van der Waals surface area contributed by atoms with E-state index in [1.807, 2.05) is 19.0 Å². The highest BCUT2D eigenvalue weighted by atomic mass is 35.5. The molecule has 68 valence electrons. The van der Waals surface area contributed by atoms with E-state index in [4.69, 9.17) is 0 Å². The van der Waals surface area contributed by atoms with Crippen LogP contribution in [0.2, 0.25) is 0 Å². The molecule has 0 saturated heterocycles. The summed E-state index contributed by atoms with van der Waals surface area (Å²) in [6.07, 6.45) is 4.74. The zero-order valence-corrected chi connectivity index (χ0v) is 7.91. The SMILES string of the molecule is CN(C)CC(=O)n1ccnc1.Cl. The minimum atomic E-state index is 0. The van der Waals surface area contributed by atoms with Gasteiger partial charge in [0.1, 0.15) is 6.33 Å². The fraction of sp³-hybridized carbons (Fsp3) is 0.429. The first kappa shape index (κ1) is 11.1. The van der Waals surface area contributed by atoms with Crippen molar-refractivity contribution < 1.29 is 4.79 Å². The van der Waals surface area contributed by atoms with Crippen molar-refractivity contribution in [3.05, 3.63) is 18.7 Å². The second kappa shape index (κ2) is 4.90. The van der Waals surface area contributed by atoms with Crippen molar-refractivity contribution in [1.82, 2.24) is 14.5 Å². The number of carbonyl (C=O) groups excluding carboxylic acids is 1. The summed E-state index contributed by atoms with van der Waals surface area (Å²) in [6, 6.07) is 0. The van der Waals surface area contributed by atoms with E-state index in [9.17, 15) is 4.79 Å². The van der Waals surface area contributed by atoms with Crippen LogP contribution in [-0.4, -0.2) is 41.0 Å². The average molecular weight is 190 g/mol. The molecule has 0 amide bonds. The van der Waals surface area contributed by atoms with Crippen molar-refractivity contribution in [3.8, 4) is 0 Å². The summed E-state index contributed by atoms with van der Waals surface area (Å²) in [5.74, 6) is 0.0347. The van der Waals surface area contributed by atoms with Crippen LogP contribution >= 0.6 is 12.4 Å². The molecule has 0 N–H and O–H groups in total. The van der Waals surface area contributed by atoms with E-state index in [0.29, 0.717) is 6.54 Å². The molecule has 0 aromatic carbocycles. The maximum Gasteiger partial charge on any atom is 0.245 e. The van der Waals surface area contributed by atoms with Gasteiger partial charge in [0.05, 0.1) is 6.54 Å². The zero-order valence-electron chi connectivity index (χ0n) is 7.10. The normalized spacial score (nSPS) is 9.58. The van der Waals surface area contributed by atoms with E-state index in [-0.39, 0.29) is 18.3 Å². The maximum absolute atomic E-state index is 11.2. The molecule has 1 heterocycles. The number of hydrogen-bond donors (Lipinski definition) is 0. The predicted molar refractivity (Wildman–Crippen MR) is 48.7 cm³/mol. The Labute approximate surface area is 77.6 Å². The van der Waals surface area contributed by atoms with Crippen LogP contribution in [0.25, 0.3) is 0 Å². The zero-order chi connectivity index (χ0) is 8.27. The van der Waals surface area contributed by atoms with E-state index in [1.54, 1.807) is 12.4 Å². The molecule has 0 radical (unpaired) electrons. The Morgan fingerprint density at radius 1 is 1.58 bits per heavy atom. The molecule has 5 heteroatoms. The van der Waals surface area contributed by atoms with Crippen molar-refractivity contribution >= 4 is 18.3 Å². The fourth-order valence-corrected chi connectivity index (χ4v) is 0.759. The van der Waals surface area contributed by atoms with Crippen LogP contribution in [0.1, 0.15) is 4.79 Å². The van der Waals surface area contributed by atoms with Crippen LogP contribution in [0.3, 0.4) is 0 Å². The molecule has 1 aromatic heterocycles. The smallest absolute Gasteiger partial charge is 0.245 e. The monoisotopic (exact) mass is 189 g/mol. The van der Waals surface area contributed by atoms with Gasteiger partial charge >= 0.3 is 0 Å². The van der Waals surface area contributed by atoms with Gasteiger partial charge in [-0.3, -0.25) is 9.36 Å². The van der Waals surface area contributed by atoms with E-state index >= 15 is 0 Å².